The zero-order valence-electron chi connectivity index (χ0n) is 22.7. The number of thiocarbonyl (C=S) groups is 1. The van der Waals surface area contributed by atoms with Crippen LogP contribution in [0.5, 0.6) is 23.0 Å². The Hall–Kier alpha value is -3.98. The van der Waals surface area contributed by atoms with Gasteiger partial charge in [0.25, 0.3) is 0 Å². The third kappa shape index (κ3) is 6.72. The van der Waals surface area contributed by atoms with E-state index >= 15 is 0 Å². The van der Waals surface area contributed by atoms with Gasteiger partial charge in [-0.3, -0.25) is 0 Å². The first-order valence-electron chi connectivity index (χ1n) is 12.9. The summed E-state index contributed by atoms with van der Waals surface area (Å²) in [6, 6.07) is 18.5. The molecule has 0 aliphatic carbocycles. The van der Waals surface area contributed by atoms with Crippen molar-refractivity contribution in [1.29, 1.82) is 0 Å². The van der Waals surface area contributed by atoms with E-state index in [2.05, 4.69) is 10.2 Å². The molecule has 1 aliphatic heterocycles. The Morgan fingerprint density at radius 1 is 0.923 bits per heavy atom. The third-order valence-corrected chi connectivity index (χ3v) is 6.79. The number of ether oxygens (including phenoxy) is 5. The van der Waals surface area contributed by atoms with Gasteiger partial charge in [0, 0.05) is 12.2 Å². The second kappa shape index (κ2) is 13.2. The van der Waals surface area contributed by atoms with Crippen LogP contribution in [-0.4, -0.2) is 56.6 Å². The smallest absolute Gasteiger partial charge is 0.338 e. The van der Waals surface area contributed by atoms with Crippen LogP contribution in [0, 0.1) is 0 Å². The first-order chi connectivity index (χ1) is 19.0. The standard InChI is InChI=1S/C30H34N2O6S/c1-5-36-23-13-9-22(10-14-23)31-30(39)32-16-15-21-17-27(34-3)28(35-4)18-25(21)26(32)19-38-24-11-7-20(8-12-24)29(33)37-6-2/h7-14,17-18,26H,5-6,15-16,19H2,1-4H3,(H,31,39)/t26-/m0/s1. The number of methoxy groups -OCH3 is 2. The van der Waals surface area contributed by atoms with Crippen LogP contribution in [0.4, 0.5) is 5.69 Å². The minimum Gasteiger partial charge on any atom is -0.494 e. The monoisotopic (exact) mass is 550 g/mol. The Morgan fingerprint density at radius 2 is 1.56 bits per heavy atom. The highest BCUT2D eigenvalue weighted by molar-refractivity contribution is 7.80. The lowest BCUT2D eigenvalue weighted by atomic mass is 9.92. The van der Waals surface area contributed by atoms with Gasteiger partial charge in [0.05, 0.1) is 39.0 Å². The van der Waals surface area contributed by atoms with Crippen molar-refractivity contribution in [2.75, 3.05) is 45.9 Å². The highest BCUT2D eigenvalue weighted by Gasteiger charge is 2.31. The van der Waals surface area contributed by atoms with Crippen LogP contribution in [0.3, 0.4) is 0 Å². The topological polar surface area (TPSA) is 78.5 Å². The molecule has 9 heteroatoms. The molecule has 0 amide bonds. The van der Waals surface area contributed by atoms with Crippen molar-refractivity contribution in [1.82, 2.24) is 4.90 Å². The maximum atomic E-state index is 12.0. The number of esters is 1. The lowest BCUT2D eigenvalue weighted by Gasteiger charge is -2.39. The molecule has 0 saturated heterocycles. The number of fused-ring (bicyclic) bond motifs is 1. The van der Waals surface area contributed by atoms with Gasteiger partial charge < -0.3 is 33.9 Å². The number of anilines is 1. The van der Waals surface area contributed by atoms with Crippen molar-refractivity contribution in [3.63, 3.8) is 0 Å². The number of nitrogens with one attached hydrogen (secondary N) is 1. The number of benzene rings is 3. The minimum atomic E-state index is -0.358. The fourth-order valence-electron chi connectivity index (χ4n) is 4.52. The van der Waals surface area contributed by atoms with E-state index in [-0.39, 0.29) is 12.0 Å². The maximum absolute atomic E-state index is 12.0. The number of carbonyl (C=O) groups excluding carboxylic acids is 1. The van der Waals surface area contributed by atoms with E-state index in [4.69, 9.17) is 35.9 Å². The minimum absolute atomic E-state index is 0.194. The number of hydrogen-bond acceptors (Lipinski definition) is 7. The average Bonchev–Trinajstić information content (AvgIpc) is 2.96. The molecule has 1 aliphatic rings. The molecule has 0 saturated carbocycles. The first-order valence-corrected chi connectivity index (χ1v) is 13.3. The Labute approximate surface area is 234 Å². The average molecular weight is 551 g/mol. The summed E-state index contributed by atoms with van der Waals surface area (Å²) in [4.78, 5) is 14.1. The molecule has 0 bridgehead atoms. The molecule has 0 spiro atoms. The summed E-state index contributed by atoms with van der Waals surface area (Å²) in [6.07, 6.45) is 0.783. The predicted octanol–water partition coefficient (Wildman–Crippen LogP) is 5.65. The van der Waals surface area contributed by atoms with Gasteiger partial charge in [0.2, 0.25) is 0 Å². The summed E-state index contributed by atoms with van der Waals surface area (Å²) in [5, 5.41) is 3.95. The van der Waals surface area contributed by atoms with Gasteiger partial charge in [-0.1, -0.05) is 0 Å². The normalized spacial score (nSPS) is 14.2. The van der Waals surface area contributed by atoms with Crippen LogP contribution in [0.1, 0.15) is 41.4 Å². The van der Waals surface area contributed by atoms with E-state index in [1.165, 1.54) is 0 Å². The number of rotatable bonds is 10. The Morgan fingerprint density at radius 3 is 2.21 bits per heavy atom. The van der Waals surface area contributed by atoms with Gasteiger partial charge in [-0.2, -0.15) is 0 Å². The van der Waals surface area contributed by atoms with Crippen LogP contribution in [0.2, 0.25) is 0 Å². The third-order valence-electron chi connectivity index (χ3n) is 6.45. The van der Waals surface area contributed by atoms with Crippen molar-refractivity contribution in [3.05, 3.63) is 77.4 Å². The van der Waals surface area contributed by atoms with Crippen molar-refractivity contribution >= 4 is 29.0 Å². The molecule has 3 aromatic carbocycles. The zero-order chi connectivity index (χ0) is 27.8. The van der Waals surface area contributed by atoms with Crippen molar-refractivity contribution in [3.8, 4) is 23.0 Å². The van der Waals surface area contributed by atoms with Crippen LogP contribution in [0.25, 0.3) is 0 Å². The van der Waals surface area contributed by atoms with Gasteiger partial charge in [-0.05, 0) is 104 Å². The Kier molecular flexibility index (Phi) is 9.49. The fraction of sp³-hybridized carbons (Fsp3) is 0.333. The van der Waals surface area contributed by atoms with Crippen molar-refractivity contribution in [2.24, 2.45) is 0 Å². The van der Waals surface area contributed by atoms with Gasteiger partial charge in [-0.15, -0.1) is 0 Å². The Balaban J connectivity index is 1.57. The molecule has 0 radical (unpaired) electrons. The molecular weight excluding hydrogens is 516 g/mol. The summed E-state index contributed by atoms with van der Waals surface area (Å²) in [5.41, 5.74) is 3.55. The highest BCUT2D eigenvalue weighted by Crippen LogP contribution is 2.38. The maximum Gasteiger partial charge on any atom is 0.338 e. The number of hydrogen-bond donors (Lipinski definition) is 1. The van der Waals surface area contributed by atoms with E-state index < -0.39 is 0 Å². The molecule has 3 aromatic rings. The van der Waals surface area contributed by atoms with Crippen LogP contribution in [0.15, 0.2) is 60.7 Å². The van der Waals surface area contributed by atoms with Crippen LogP contribution in [-0.2, 0) is 11.2 Å². The van der Waals surface area contributed by atoms with Gasteiger partial charge >= 0.3 is 5.97 Å². The van der Waals surface area contributed by atoms with E-state index in [0.29, 0.717) is 54.3 Å². The quantitative estimate of drug-likeness (QED) is 0.254. The van der Waals surface area contributed by atoms with Crippen molar-refractivity contribution < 1.29 is 28.5 Å². The molecule has 0 fully saturated rings. The lowest BCUT2D eigenvalue weighted by molar-refractivity contribution is 0.0526. The summed E-state index contributed by atoms with van der Waals surface area (Å²) in [7, 11) is 3.26. The molecule has 39 heavy (non-hydrogen) atoms. The van der Waals surface area contributed by atoms with Gasteiger partial charge in [0.1, 0.15) is 18.1 Å². The molecule has 1 N–H and O–H groups in total. The second-order valence-corrected chi connectivity index (χ2v) is 9.20. The van der Waals surface area contributed by atoms with Crippen LogP contribution < -0.4 is 24.3 Å². The molecular formula is C30H34N2O6S. The van der Waals surface area contributed by atoms with Crippen molar-refractivity contribution in [2.45, 2.75) is 26.3 Å². The number of nitrogens with zero attached hydrogens (tertiary/aromatic N) is 1. The Bertz CT molecular complexity index is 1280. The SMILES string of the molecule is CCOC(=O)c1ccc(OC[C@H]2c3cc(OC)c(OC)cc3CCN2C(=S)Nc2ccc(OCC)cc2)cc1. The first kappa shape index (κ1) is 28.0. The zero-order valence-corrected chi connectivity index (χ0v) is 23.5. The fourth-order valence-corrected chi connectivity index (χ4v) is 4.86. The van der Waals surface area contributed by atoms with Crippen LogP contribution >= 0.6 is 12.2 Å². The van der Waals surface area contributed by atoms with Gasteiger partial charge in [0.15, 0.2) is 16.6 Å². The molecule has 0 unspecified atom stereocenters. The van der Waals surface area contributed by atoms with Gasteiger partial charge in [-0.25, -0.2) is 4.79 Å². The summed E-state index contributed by atoms with van der Waals surface area (Å²) >= 11 is 5.88. The molecule has 8 nitrogen and oxygen atoms in total. The molecule has 1 atom stereocenters. The van der Waals surface area contributed by atoms with E-state index in [0.717, 1.165) is 29.0 Å². The van der Waals surface area contributed by atoms with E-state index in [1.807, 2.05) is 43.3 Å². The van der Waals surface area contributed by atoms with E-state index in [1.54, 1.807) is 45.4 Å². The van der Waals surface area contributed by atoms with E-state index in [9.17, 15) is 4.79 Å². The second-order valence-electron chi connectivity index (χ2n) is 8.81. The summed E-state index contributed by atoms with van der Waals surface area (Å²) in [6.45, 7) is 5.69. The lowest BCUT2D eigenvalue weighted by Crippen LogP contribution is -2.44. The summed E-state index contributed by atoms with van der Waals surface area (Å²) < 4.78 is 28.0. The number of carbonyl (C=O) groups is 1. The molecule has 0 aromatic heterocycles. The summed E-state index contributed by atoms with van der Waals surface area (Å²) in [5.74, 6) is 2.42. The molecule has 4 rings (SSSR count). The predicted molar refractivity (Wildman–Crippen MR) is 154 cm³/mol. The largest absolute Gasteiger partial charge is 0.494 e. The molecule has 206 valence electrons. The highest BCUT2D eigenvalue weighted by atomic mass is 32.1. The molecule has 1 heterocycles.